The number of rotatable bonds is 2. The summed E-state index contributed by atoms with van der Waals surface area (Å²) in [6.07, 6.45) is -2.63. The summed E-state index contributed by atoms with van der Waals surface area (Å²) in [7, 11) is 0. The van der Waals surface area contributed by atoms with Crippen molar-refractivity contribution in [2.24, 2.45) is 0 Å². The van der Waals surface area contributed by atoms with Gasteiger partial charge in [-0.2, -0.15) is 22.8 Å². The molecular formula is C15H7F4N5S. The SMILES string of the molecule is Fc1ccc(-c2cnc3nc(C(F)(F)F)cnn23)cc1-c1cscn1. The quantitative estimate of drug-likeness (QED) is 0.503. The molecule has 0 aliphatic carbocycles. The molecule has 10 heteroatoms. The minimum atomic E-state index is -4.60. The number of alkyl halides is 3. The zero-order valence-electron chi connectivity index (χ0n) is 12.2. The summed E-state index contributed by atoms with van der Waals surface area (Å²) >= 11 is 1.33. The zero-order chi connectivity index (χ0) is 17.6. The van der Waals surface area contributed by atoms with E-state index in [1.807, 2.05) is 0 Å². The van der Waals surface area contributed by atoms with Gasteiger partial charge in [-0.05, 0) is 18.2 Å². The van der Waals surface area contributed by atoms with Crippen LogP contribution >= 0.6 is 11.3 Å². The molecule has 0 amide bonds. The summed E-state index contributed by atoms with van der Waals surface area (Å²) in [5.74, 6) is -0.640. The van der Waals surface area contributed by atoms with Crippen molar-refractivity contribution in [1.29, 1.82) is 0 Å². The van der Waals surface area contributed by atoms with Crippen LogP contribution in [0.3, 0.4) is 0 Å². The summed E-state index contributed by atoms with van der Waals surface area (Å²) in [4.78, 5) is 11.4. The molecule has 4 aromatic rings. The Morgan fingerprint density at radius 2 is 1.92 bits per heavy atom. The lowest BCUT2D eigenvalue weighted by atomic mass is 10.1. The normalized spacial score (nSPS) is 12.0. The van der Waals surface area contributed by atoms with E-state index in [1.54, 1.807) is 17.0 Å². The van der Waals surface area contributed by atoms with Crippen molar-refractivity contribution in [3.8, 4) is 22.5 Å². The molecule has 3 heterocycles. The summed E-state index contributed by atoms with van der Waals surface area (Å²) in [5.41, 5.74) is 2.15. The zero-order valence-corrected chi connectivity index (χ0v) is 13.0. The second-order valence-corrected chi connectivity index (χ2v) is 5.78. The number of aromatic nitrogens is 5. The lowest BCUT2D eigenvalue weighted by Crippen LogP contribution is -2.11. The molecule has 0 N–H and O–H groups in total. The van der Waals surface area contributed by atoms with E-state index in [2.05, 4.69) is 20.1 Å². The highest BCUT2D eigenvalue weighted by Gasteiger charge is 2.33. The fraction of sp³-hybridized carbons (Fsp3) is 0.0667. The Hall–Kier alpha value is -2.88. The standard InChI is InChI=1S/C15H7F4N5S/c16-10-2-1-8(3-9(10)11-6-25-7-21-11)12-4-20-14-23-13(15(17,18)19)5-22-24(12)14/h1-7H. The van der Waals surface area contributed by atoms with Crippen LogP contribution in [-0.2, 0) is 6.18 Å². The molecule has 0 saturated carbocycles. The van der Waals surface area contributed by atoms with Crippen LogP contribution in [0.25, 0.3) is 28.3 Å². The number of fused-ring (bicyclic) bond motifs is 1. The van der Waals surface area contributed by atoms with Gasteiger partial charge in [0.25, 0.3) is 5.78 Å². The second-order valence-electron chi connectivity index (χ2n) is 5.06. The highest BCUT2D eigenvalue weighted by Crippen LogP contribution is 2.30. The summed E-state index contributed by atoms with van der Waals surface area (Å²) < 4.78 is 53.4. The van der Waals surface area contributed by atoms with Gasteiger partial charge in [-0.25, -0.2) is 19.3 Å². The molecule has 3 aromatic heterocycles. The van der Waals surface area contributed by atoms with Gasteiger partial charge in [0, 0.05) is 16.5 Å². The van der Waals surface area contributed by atoms with Crippen molar-refractivity contribution in [2.75, 3.05) is 0 Å². The van der Waals surface area contributed by atoms with Crippen LogP contribution in [-0.4, -0.2) is 24.6 Å². The Balaban J connectivity index is 1.84. The average molecular weight is 365 g/mol. The van der Waals surface area contributed by atoms with Crippen LogP contribution in [0, 0.1) is 5.82 Å². The predicted octanol–water partition coefficient (Wildman–Crippen LogP) is 4.07. The molecule has 0 fully saturated rings. The van der Waals surface area contributed by atoms with Crippen LogP contribution in [0.1, 0.15) is 5.69 Å². The molecule has 0 aliphatic heterocycles. The largest absolute Gasteiger partial charge is 0.435 e. The van der Waals surface area contributed by atoms with Gasteiger partial charge in [0.2, 0.25) is 0 Å². The van der Waals surface area contributed by atoms with E-state index in [1.165, 1.54) is 34.2 Å². The Kier molecular flexibility index (Phi) is 3.49. The number of thiazole rings is 1. The van der Waals surface area contributed by atoms with E-state index in [0.29, 0.717) is 23.1 Å². The highest BCUT2D eigenvalue weighted by molar-refractivity contribution is 7.07. The molecule has 0 spiro atoms. The molecule has 1 aromatic carbocycles. The van der Waals surface area contributed by atoms with Gasteiger partial charge in [-0.1, -0.05) is 0 Å². The molecule has 4 rings (SSSR count). The number of imidazole rings is 1. The first-order valence-corrected chi connectivity index (χ1v) is 7.84. The molecule has 0 atom stereocenters. The Labute approximate surface area is 141 Å². The third-order valence-electron chi connectivity index (χ3n) is 3.50. The van der Waals surface area contributed by atoms with Crippen molar-refractivity contribution < 1.29 is 17.6 Å². The number of hydrogen-bond donors (Lipinski definition) is 0. The minimum absolute atomic E-state index is 0.190. The van der Waals surface area contributed by atoms with Crippen molar-refractivity contribution in [3.05, 3.63) is 53.0 Å². The van der Waals surface area contributed by atoms with Gasteiger partial charge in [0.1, 0.15) is 5.82 Å². The Bertz CT molecular complexity index is 1060. The average Bonchev–Trinajstić information content (AvgIpc) is 3.23. The molecule has 0 saturated heterocycles. The maximum atomic E-state index is 14.1. The molecule has 5 nitrogen and oxygen atoms in total. The lowest BCUT2D eigenvalue weighted by Gasteiger charge is -2.06. The first kappa shape index (κ1) is 15.6. The van der Waals surface area contributed by atoms with E-state index in [9.17, 15) is 17.6 Å². The van der Waals surface area contributed by atoms with Crippen molar-refractivity contribution in [2.45, 2.75) is 6.18 Å². The highest BCUT2D eigenvalue weighted by atomic mass is 32.1. The predicted molar refractivity (Wildman–Crippen MR) is 82.3 cm³/mol. The summed E-state index contributed by atoms with van der Waals surface area (Å²) in [6, 6.07) is 4.31. The van der Waals surface area contributed by atoms with E-state index >= 15 is 0 Å². The van der Waals surface area contributed by atoms with E-state index in [0.717, 1.165) is 0 Å². The topological polar surface area (TPSA) is 56.0 Å². The van der Waals surface area contributed by atoms with Gasteiger partial charge in [0.05, 0.1) is 29.3 Å². The molecule has 0 bridgehead atoms. The fourth-order valence-electron chi connectivity index (χ4n) is 2.33. The van der Waals surface area contributed by atoms with Crippen molar-refractivity contribution in [3.63, 3.8) is 0 Å². The van der Waals surface area contributed by atoms with Crippen LogP contribution < -0.4 is 0 Å². The van der Waals surface area contributed by atoms with Crippen LogP contribution in [0.15, 0.2) is 41.5 Å². The van der Waals surface area contributed by atoms with Gasteiger partial charge in [0.15, 0.2) is 5.69 Å². The number of nitrogens with zero attached hydrogens (tertiary/aromatic N) is 5. The van der Waals surface area contributed by atoms with E-state index < -0.39 is 17.7 Å². The number of hydrogen-bond acceptors (Lipinski definition) is 5. The van der Waals surface area contributed by atoms with Crippen LogP contribution in [0.5, 0.6) is 0 Å². The lowest BCUT2D eigenvalue weighted by molar-refractivity contribution is -0.141. The minimum Gasteiger partial charge on any atom is -0.245 e. The monoisotopic (exact) mass is 365 g/mol. The Morgan fingerprint density at radius 3 is 2.64 bits per heavy atom. The third kappa shape index (κ3) is 2.74. The third-order valence-corrected chi connectivity index (χ3v) is 4.08. The number of halogens is 4. The number of benzene rings is 1. The molecule has 25 heavy (non-hydrogen) atoms. The smallest absolute Gasteiger partial charge is 0.245 e. The van der Waals surface area contributed by atoms with Gasteiger partial charge >= 0.3 is 6.18 Å². The fourth-order valence-corrected chi connectivity index (χ4v) is 2.89. The molecule has 126 valence electrons. The summed E-state index contributed by atoms with van der Waals surface area (Å²) in [6.45, 7) is 0. The molecule has 0 radical (unpaired) electrons. The van der Waals surface area contributed by atoms with Crippen LogP contribution in [0.2, 0.25) is 0 Å². The van der Waals surface area contributed by atoms with E-state index in [-0.39, 0.29) is 11.3 Å². The van der Waals surface area contributed by atoms with Gasteiger partial charge in [-0.3, -0.25) is 0 Å². The molecule has 0 unspecified atom stereocenters. The van der Waals surface area contributed by atoms with Crippen molar-refractivity contribution in [1.82, 2.24) is 24.6 Å². The first-order valence-electron chi connectivity index (χ1n) is 6.90. The maximum Gasteiger partial charge on any atom is 0.435 e. The van der Waals surface area contributed by atoms with E-state index in [4.69, 9.17) is 0 Å². The maximum absolute atomic E-state index is 14.1. The van der Waals surface area contributed by atoms with Gasteiger partial charge < -0.3 is 0 Å². The van der Waals surface area contributed by atoms with Crippen molar-refractivity contribution >= 4 is 17.1 Å². The van der Waals surface area contributed by atoms with Gasteiger partial charge in [-0.15, -0.1) is 11.3 Å². The Morgan fingerprint density at radius 1 is 1.08 bits per heavy atom. The first-order chi connectivity index (χ1) is 11.9. The van der Waals surface area contributed by atoms with Crippen LogP contribution in [0.4, 0.5) is 17.6 Å². The molecule has 0 aliphatic rings. The summed E-state index contributed by atoms with van der Waals surface area (Å²) in [5, 5.41) is 5.46. The second kappa shape index (κ2) is 5.59. The molecular weight excluding hydrogens is 358 g/mol.